The molecule has 0 aliphatic carbocycles. The molecule has 0 aromatic carbocycles. The van der Waals surface area contributed by atoms with Crippen LogP contribution in [0.4, 0.5) is 0 Å². The molecule has 10 heteroatoms. The molecule has 3 rings (SSSR count). The summed E-state index contributed by atoms with van der Waals surface area (Å²) in [5, 5.41) is 20.3. The zero-order chi connectivity index (χ0) is 18.0. The van der Waals surface area contributed by atoms with E-state index in [4.69, 9.17) is 18.9 Å². The Balaban J connectivity index is 1.62. The summed E-state index contributed by atoms with van der Waals surface area (Å²) in [4.78, 5) is 25.0. The Morgan fingerprint density at radius 3 is 2.88 bits per heavy atom. The fraction of sp³-hybridized carbons (Fsp3) is 0.733. The van der Waals surface area contributed by atoms with Gasteiger partial charge in [-0.15, -0.1) is 0 Å². The standard InChI is InChI=1S/C15H22N2O8/c1-22-8-3-5-23-11(6-8)24-7-9-12(19)13(20)14(25-9)17-4-2-10(18)16-15(17)21/h2,4,8-9,11-14,19-20H,3,5-7H2,1H3,(H,16,18,21)/t8?,9-,11?,12-,13-,14-/m1/s1. The average molecular weight is 358 g/mol. The van der Waals surface area contributed by atoms with Gasteiger partial charge in [0.05, 0.1) is 19.3 Å². The normalized spacial score (nSPS) is 35.8. The summed E-state index contributed by atoms with van der Waals surface area (Å²) in [7, 11) is 1.62. The number of aromatic amines is 1. The number of ether oxygens (including phenoxy) is 4. The number of methoxy groups -OCH3 is 1. The first kappa shape index (κ1) is 18.2. The molecule has 3 N–H and O–H groups in total. The summed E-state index contributed by atoms with van der Waals surface area (Å²) >= 11 is 0. The molecule has 2 fully saturated rings. The first-order valence-corrected chi connectivity index (χ1v) is 8.08. The zero-order valence-corrected chi connectivity index (χ0v) is 13.7. The summed E-state index contributed by atoms with van der Waals surface area (Å²) in [5.41, 5.74) is -1.29. The molecular formula is C15H22N2O8. The van der Waals surface area contributed by atoms with Gasteiger partial charge in [0.1, 0.15) is 18.3 Å². The Kier molecular flexibility index (Phi) is 5.67. The minimum Gasteiger partial charge on any atom is -0.387 e. The van der Waals surface area contributed by atoms with Gasteiger partial charge in [0.25, 0.3) is 5.56 Å². The smallest absolute Gasteiger partial charge is 0.330 e. The first-order chi connectivity index (χ1) is 12.0. The highest BCUT2D eigenvalue weighted by Gasteiger charge is 2.44. The number of hydrogen-bond donors (Lipinski definition) is 3. The number of aromatic nitrogens is 2. The maximum atomic E-state index is 11.8. The highest BCUT2D eigenvalue weighted by molar-refractivity contribution is 4.93. The molecule has 3 heterocycles. The third kappa shape index (κ3) is 4.00. The van der Waals surface area contributed by atoms with E-state index in [9.17, 15) is 19.8 Å². The highest BCUT2D eigenvalue weighted by Crippen LogP contribution is 2.29. The number of aliphatic hydroxyl groups is 2. The van der Waals surface area contributed by atoms with Crippen LogP contribution in [-0.4, -0.2) is 70.8 Å². The van der Waals surface area contributed by atoms with Crippen molar-refractivity contribution < 1.29 is 29.2 Å². The van der Waals surface area contributed by atoms with Gasteiger partial charge in [-0.3, -0.25) is 14.3 Å². The Hall–Kier alpha value is -1.56. The van der Waals surface area contributed by atoms with Gasteiger partial charge in [-0.25, -0.2) is 4.79 Å². The third-order valence-corrected chi connectivity index (χ3v) is 4.44. The maximum Gasteiger partial charge on any atom is 0.330 e. The van der Waals surface area contributed by atoms with Gasteiger partial charge in [0.15, 0.2) is 12.5 Å². The van der Waals surface area contributed by atoms with E-state index in [0.29, 0.717) is 13.0 Å². The van der Waals surface area contributed by atoms with E-state index in [1.54, 1.807) is 7.11 Å². The van der Waals surface area contributed by atoms with Crippen LogP contribution in [0, 0.1) is 0 Å². The SMILES string of the molecule is COC1CCOC(OC[C@H]2O[C@@H](n3ccc(=O)[nH]c3=O)[C@H](O)[C@@H]2O)C1. The van der Waals surface area contributed by atoms with Crippen molar-refractivity contribution in [3.63, 3.8) is 0 Å². The molecule has 25 heavy (non-hydrogen) atoms. The minimum atomic E-state index is -1.34. The molecule has 2 unspecified atom stereocenters. The van der Waals surface area contributed by atoms with E-state index in [-0.39, 0.29) is 12.7 Å². The fourth-order valence-corrected chi connectivity index (χ4v) is 2.99. The van der Waals surface area contributed by atoms with Crippen molar-refractivity contribution in [2.75, 3.05) is 20.3 Å². The van der Waals surface area contributed by atoms with Crippen LogP contribution in [0.3, 0.4) is 0 Å². The van der Waals surface area contributed by atoms with Gasteiger partial charge < -0.3 is 29.2 Å². The lowest BCUT2D eigenvalue weighted by atomic mass is 10.1. The predicted molar refractivity (Wildman–Crippen MR) is 83.0 cm³/mol. The Bertz CT molecular complexity index is 689. The molecular weight excluding hydrogens is 336 g/mol. The lowest BCUT2D eigenvalue weighted by Gasteiger charge is -2.29. The van der Waals surface area contributed by atoms with Crippen LogP contribution in [0.1, 0.15) is 19.1 Å². The first-order valence-electron chi connectivity index (χ1n) is 8.08. The number of nitrogens with one attached hydrogen (secondary N) is 1. The van der Waals surface area contributed by atoms with Crippen LogP contribution < -0.4 is 11.2 Å². The van der Waals surface area contributed by atoms with Crippen LogP contribution in [0.2, 0.25) is 0 Å². The summed E-state index contributed by atoms with van der Waals surface area (Å²) in [6, 6.07) is 1.13. The highest BCUT2D eigenvalue weighted by atomic mass is 16.7. The fourth-order valence-electron chi connectivity index (χ4n) is 2.99. The van der Waals surface area contributed by atoms with Crippen molar-refractivity contribution in [1.29, 1.82) is 0 Å². The topological polar surface area (TPSA) is 132 Å². The molecule has 0 radical (unpaired) electrons. The van der Waals surface area contributed by atoms with Crippen LogP contribution in [0.15, 0.2) is 21.9 Å². The van der Waals surface area contributed by atoms with Crippen molar-refractivity contribution in [3.8, 4) is 0 Å². The maximum absolute atomic E-state index is 11.8. The second kappa shape index (κ2) is 7.77. The van der Waals surface area contributed by atoms with E-state index in [1.165, 1.54) is 6.20 Å². The van der Waals surface area contributed by atoms with Crippen molar-refractivity contribution >= 4 is 0 Å². The minimum absolute atomic E-state index is 0.0199. The number of H-pyrrole nitrogens is 1. The Labute approximate surface area is 142 Å². The second-order valence-electron chi connectivity index (χ2n) is 6.08. The van der Waals surface area contributed by atoms with Crippen molar-refractivity contribution in [1.82, 2.24) is 9.55 Å². The molecule has 2 aliphatic heterocycles. The molecule has 10 nitrogen and oxygen atoms in total. The summed E-state index contributed by atoms with van der Waals surface area (Å²) in [6.07, 6.45) is -2.43. The molecule has 0 amide bonds. The van der Waals surface area contributed by atoms with E-state index >= 15 is 0 Å². The van der Waals surface area contributed by atoms with Crippen LogP contribution in [0.5, 0.6) is 0 Å². The zero-order valence-electron chi connectivity index (χ0n) is 13.7. The molecule has 1 aromatic rings. The number of rotatable bonds is 5. The molecule has 1 aromatic heterocycles. The summed E-state index contributed by atoms with van der Waals surface area (Å²) < 4.78 is 23.0. The summed E-state index contributed by atoms with van der Waals surface area (Å²) in [5.74, 6) is 0. The van der Waals surface area contributed by atoms with Crippen LogP contribution >= 0.6 is 0 Å². The second-order valence-corrected chi connectivity index (χ2v) is 6.08. The predicted octanol–water partition coefficient (Wildman–Crippen LogP) is -1.68. The monoisotopic (exact) mass is 358 g/mol. The van der Waals surface area contributed by atoms with Gasteiger partial charge >= 0.3 is 5.69 Å². The lowest BCUT2D eigenvalue weighted by Crippen LogP contribution is -2.38. The van der Waals surface area contributed by atoms with E-state index in [0.717, 1.165) is 17.1 Å². The molecule has 140 valence electrons. The average Bonchev–Trinajstić information content (AvgIpc) is 2.88. The summed E-state index contributed by atoms with van der Waals surface area (Å²) in [6.45, 7) is 0.489. The lowest BCUT2D eigenvalue weighted by molar-refractivity contribution is -0.205. The molecule has 0 saturated carbocycles. The van der Waals surface area contributed by atoms with Gasteiger partial charge in [0, 0.05) is 25.8 Å². The Morgan fingerprint density at radius 1 is 1.36 bits per heavy atom. The van der Waals surface area contributed by atoms with Gasteiger partial charge in [0.2, 0.25) is 0 Å². The van der Waals surface area contributed by atoms with Gasteiger partial charge in [-0.05, 0) is 6.42 Å². The largest absolute Gasteiger partial charge is 0.387 e. The van der Waals surface area contributed by atoms with Gasteiger partial charge in [-0.1, -0.05) is 0 Å². The van der Waals surface area contributed by atoms with Crippen LogP contribution in [-0.2, 0) is 18.9 Å². The molecule has 2 aliphatic rings. The quantitative estimate of drug-likeness (QED) is 0.569. The third-order valence-electron chi connectivity index (χ3n) is 4.44. The number of nitrogens with zero attached hydrogens (tertiary/aromatic N) is 1. The molecule has 0 bridgehead atoms. The molecule has 0 spiro atoms. The van der Waals surface area contributed by atoms with E-state index in [1.807, 2.05) is 0 Å². The van der Waals surface area contributed by atoms with E-state index in [2.05, 4.69) is 4.98 Å². The Morgan fingerprint density at radius 2 is 2.16 bits per heavy atom. The van der Waals surface area contributed by atoms with Crippen LogP contribution in [0.25, 0.3) is 0 Å². The number of aliphatic hydroxyl groups excluding tert-OH is 2. The molecule has 6 atom stereocenters. The van der Waals surface area contributed by atoms with E-state index < -0.39 is 42.1 Å². The van der Waals surface area contributed by atoms with Crippen molar-refractivity contribution in [2.24, 2.45) is 0 Å². The van der Waals surface area contributed by atoms with Gasteiger partial charge in [-0.2, -0.15) is 0 Å². The van der Waals surface area contributed by atoms with Crippen molar-refractivity contribution in [3.05, 3.63) is 33.1 Å². The number of hydrogen-bond acceptors (Lipinski definition) is 8. The molecule has 2 saturated heterocycles. The van der Waals surface area contributed by atoms with Crippen molar-refractivity contribution in [2.45, 2.75) is 49.8 Å².